The largest absolute Gasteiger partial charge is 0.463 e. The Morgan fingerprint density at radius 3 is 2.18 bits per heavy atom. The van der Waals surface area contributed by atoms with Crippen molar-refractivity contribution in [3.63, 3.8) is 0 Å². The highest BCUT2D eigenvalue weighted by Crippen LogP contribution is 2.35. The summed E-state index contributed by atoms with van der Waals surface area (Å²) in [6.45, 7) is 13.8. The molecule has 0 saturated carbocycles. The SMILES string of the molecule is CCN(CC)C(=S)S[N+]12CC[N+](CC(=O)c3ccccc3)(CC1)CC2.Cn1ccnc1.O=COCc1ccccc1[N+](=O)[O-]. The minimum Gasteiger partial charge on any atom is -0.463 e. The Kier molecular flexibility index (Phi) is 13.5. The van der Waals surface area contributed by atoms with Crippen molar-refractivity contribution in [2.75, 3.05) is 58.9 Å². The normalized spacial score (nSPS) is 19.8. The smallest absolute Gasteiger partial charge is 0.293 e. The number of ether oxygens (including phenoxy) is 1. The molecule has 13 heteroatoms. The maximum Gasteiger partial charge on any atom is 0.293 e. The number of ketones is 1. The molecule has 0 N–H and O–H groups in total. The molecular formula is C31H42N6O5S2+2. The van der Waals surface area contributed by atoms with Gasteiger partial charge in [-0.15, -0.1) is 0 Å². The van der Waals surface area contributed by atoms with Crippen LogP contribution in [0.3, 0.4) is 0 Å². The minimum atomic E-state index is -0.510. The number of imidazole rings is 1. The van der Waals surface area contributed by atoms with Crippen LogP contribution < -0.4 is 0 Å². The maximum atomic E-state index is 12.7. The highest BCUT2D eigenvalue weighted by molar-refractivity contribution is 8.19. The van der Waals surface area contributed by atoms with Crippen LogP contribution in [0.1, 0.15) is 29.8 Å². The number of nitro benzene ring substituents is 1. The Morgan fingerprint density at radius 1 is 1.07 bits per heavy atom. The first-order valence-corrected chi connectivity index (χ1v) is 15.8. The monoisotopic (exact) mass is 642 g/mol. The summed E-state index contributed by atoms with van der Waals surface area (Å²) in [5.41, 5.74) is 1.20. The van der Waals surface area contributed by atoms with E-state index in [1.807, 2.05) is 60.1 Å². The lowest BCUT2D eigenvalue weighted by Gasteiger charge is -2.53. The molecule has 0 unspecified atom stereocenters. The molecule has 236 valence electrons. The van der Waals surface area contributed by atoms with Crippen molar-refractivity contribution >= 4 is 46.4 Å². The standard InChI is InChI=1S/C19H29N3OS2.C8H7NO4.C4H6N2/c1-3-20(4-2)19(24)25-22-13-10-21(11-14-22,12-15-22)16-18(23)17-8-6-5-7-9-17;10-6-13-5-7-3-1-2-4-8(7)9(11)12;1-6-3-2-5-4-6/h5-9H,3-4,10-16H2,1-2H3;1-4,6H,5H2;2-4H,1H3/q+2;;. The molecule has 11 nitrogen and oxygen atoms in total. The molecular weight excluding hydrogens is 601 g/mol. The van der Waals surface area contributed by atoms with Gasteiger partial charge in [0.05, 0.1) is 16.8 Å². The summed E-state index contributed by atoms with van der Waals surface area (Å²) in [5.74, 6) is 0.286. The van der Waals surface area contributed by atoms with Gasteiger partial charge < -0.3 is 18.7 Å². The summed E-state index contributed by atoms with van der Waals surface area (Å²) in [6.07, 6.45) is 5.39. The van der Waals surface area contributed by atoms with Gasteiger partial charge >= 0.3 is 0 Å². The van der Waals surface area contributed by atoms with Crippen LogP contribution in [0.15, 0.2) is 73.3 Å². The fourth-order valence-corrected chi connectivity index (χ4v) is 7.17. The zero-order chi connectivity index (χ0) is 32.0. The Hall–Kier alpha value is -3.65. The Bertz CT molecular complexity index is 1340. The van der Waals surface area contributed by atoms with E-state index in [1.54, 1.807) is 30.7 Å². The van der Waals surface area contributed by atoms with Crippen LogP contribution in [0.25, 0.3) is 0 Å². The number of aryl methyl sites for hydroxylation is 1. The number of carbonyl (C=O) groups excluding carboxylic acids is 2. The third-order valence-electron chi connectivity index (χ3n) is 7.95. The van der Waals surface area contributed by atoms with E-state index in [1.165, 1.54) is 6.07 Å². The van der Waals surface area contributed by atoms with E-state index in [0.29, 0.717) is 12.1 Å². The lowest BCUT2D eigenvalue weighted by molar-refractivity contribution is -1.03. The number of Topliss-reactive ketones (excluding diaryl/α,β-unsaturated/α-hetero) is 1. The zero-order valence-corrected chi connectivity index (χ0v) is 27.3. The topological polar surface area (TPSA) is 108 Å². The van der Waals surface area contributed by atoms with E-state index in [9.17, 15) is 19.7 Å². The quantitative estimate of drug-likeness (QED) is 0.0601. The van der Waals surface area contributed by atoms with Gasteiger partial charge in [0.25, 0.3) is 12.2 Å². The van der Waals surface area contributed by atoms with E-state index >= 15 is 0 Å². The molecule has 0 spiro atoms. The van der Waals surface area contributed by atoms with Crippen LogP contribution in [0.5, 0.6) is 0 Å². The molecule has 0 radical (unpaired) electrons. The molecule has 4 heterocycles. The third-order valence-corrected chi connectivity index (χ3v) is 9.78. The van der Waals surface area contributed by atoms with E-state index in [2.05, 4.69) is 28.5 Å². The molecule has 3 saturated heterocycles. The van der Waals surface area contributed by atoms with Gasteiger partial charge in [0, 0.05) is 44.2 Å². The summed E-state index contributed by atoms with van der Waals surface area (Å²) in [6, 6.07) is 15.9. The highest BCUT2D eigenvalue weighted by Gasteiger charge is 2.51. The molecule has 6 rings (SSSR count). The number of hydrogen-bond donors (Lipinski definition) is 0. The lowest BCUT2D eigenvalue weighted by atomic mass is 10.1. The minimum absolute atomic E-state index is 0.0376. The molecule has 3 aliphatic rings. The predicted molar refractivity (Wildman–Crippen MR) is 176 cm³/mol. The van der Waals surface area contributed by atoms with Crippen molar-refractivity contribution in [1.82, 2.24) is 14.5 Å². The van der Waals surface area contributed by atoms with Crippen LogP contribution in [-0.2, 0) is 23.2 Å². The fraction of sp³-hybridized carbons (Fsp3) is 0.419. The number of para-hydroxylation sites is 1. The maximum absolute atomic E-state index is 12.7. The van der Waals surface area contributed by atoms with Crippen LogP contribution in [-0.4, -0.2) is 103 Å². The van der Waals surface area contributed by atoms with Gasteiger partial charge in [0.2, 0.25) is 5.78 Å². The number of benzene rings is 2. The highest BCUT2D eigenvalue weighted by atomic mass is 32.2. The average molecular weight is 643 g/mol. The molecule has 3 aliphatic heterocycles. The average Bonchev–Trinajstić information content (AvgIpc) is 3.53. The second-order valence-electron chi connectivity index (χ2n) is 10.7. The van der Waals surface area contributed by atoms with Gasteiger partial charge in [0.15, 0.2) is 4.32 Å². The number of piperazine rings is 3. The number of hydrogen-bond acceptors (Lipinski definition) is 8. The van der Waals surface area contributed by atoms with Gasteiger partial charge in [-0.1, -0.05) is 42.5 Å². The van der Waals surface area contributed by atoms with Crippen molar-refractivity contribution in [2.45, 2.75) is 20.5 Å². The summed E-state index contributed by atoms with van der Waals surface area (Å²) in [4.78, 5) is 38.5. The van der Waals surface area contributed by atoms with Gasteiger partial charge in [-0.25, -0.2) is 8.87 Å². The number of quaternary nitrogens is 2. The van der Waals surface area contributed by atoms with Gasteiger partial charge in [-0.2, -0.15) is 0 Å². The van der Waals surface area contributed by atoms with Gasteiger partial charge in [0.1, 0.15) is 64.4 Å². The summed E-state index contributed by atoms with van der Waals surface area (Å²) in [5, 5.41) is 10.4. The number of fused-ring (bicyclic) bond motifs is 3. The molecule has 0 amide bonds. The molecule has 2 bridgehead atoms. The summed E-state index contributed by atoms with van der Waals surface area (Å²) < 4.78 is 9.36. The lowest BCUT2D eigenvalue weighted by Crippen LogP contribution is -2.73. The van der Waals surface area contributed by atoms with Crippen molar-refractivity contribution in [3.05, 3.63) is 94.6 Å². The third kappa shape index (κ3) is 9.94. The molecule has 0 atom stereocenters. The number of aromatic nitrogens is 2. The molecule has 1 aromatic heterocycles. The van der Waals surface area contributed by atoms with Crippen molar-refractivity contribution in [3.8, 4) is 0 Å². The molecule has 0 aliphatic carbocycles. The summed E-state index contributed by atoms with van der Waals surface area (Å²) in [7, 11) is 1.94. The van der Waals surface area contributed by atoms with Crippen molar-refractivity contribution in [1.29, 1.82) is 0 Å². The van der Waals surface area contributed by atoms with E-state index in [0.717, 1.165) is 70.6 Å². The molecule has 3 aromatic rings. The van der Waals surface area contributed by atoms with Gasteiger partial charge in [-0.05, 0) is 32.1 Å². The van der Waals surface area contributed by atoms with Crippen molar-refractivity contribution < 1.29 is 27.6 Å². The van der Waals surface area contributed by atoms with E-state index in [4.69, 9.17) is 12.2 Å². The van der Waals surface area contributed by atoms with Crippen LogP contribution in [0.4, 0.5) is 5.69 Å². The second kappa shape index (κ2) is 17.0. The van der Waals surface area contributed by atoms with E-state index in [-0.39, 0.29) is 24.5 Å². The van der Waals surface area contributed by atoms with Crippen LogP contribution in [0, 0.1) is 10.1 Å². The predicted octanol–water partition coefficient (Wildman–Crippen LogP) is 4.49. The number of nitro groups is 1. The number of nitrogens with zero attached hydrogens (tertiary/aromatic N) is 6. The summed E-state index contributed by atoms with van der Waals surface area (Å²) >= 11 is 7.56. The Balaban J connectivity index is 0.000000230. The van der Waals surface area contributed by atoms with E-state index < -0.39 is 4.92 Å². The van der Waals surface area contributed by atoms with Crippen LogP contribution in [0.2, 0.25) is 0 Å². The van der Waals surface area contributed by atoms with Crippen LogP contribution >= 0.6 is 24.2 Å². The number of carbonyl (C=O) groups is 2. The Morgan fingerprint density at radius 2 is 1.68 bits per heavy atom. The first-order valence-electron chi connectivity index (χ1n) is 14.6. The Labute approximate surface area is 268 Å². The molecule has 44 heavy (non-hydrogen) atoms. The van der Waals surface area contributed by atoms with Crippen molar-refractivity contribution in [2.24, 2.45) is 7.05 Å². The zero-order valence-electron chi connectivity index (χ0n) is 25.6. The first kappa shape index (κ1) is 34.8. The number of thiocarbonyl (C=S) groups is 1. The second-order valence-corrected chi connectivity index (χ2v) is 12.7. The number of rotatable bonds is 10. The molecule has 2 aromatic carbocycles. The first-order chi connectivity index (χ1) is 21.2. The van der Waals surface area contributed by atoms with Gasteiger partial charge in [-0.3, -0.25) is 19.7 Å². The fourth-order valence-electron chi connectivity index (χ4n) is 5.21. The molecule has 3 fully saturated rings.